The summed E-state index contributed by atoms with van der Waals surface area (Å²) < 4.78 is 2.48. The van der Waals surface area contributed by atoms with E-state index in [0.717, 1.165) is 35.3 Å². The molecule has 2 atom stereocenters. The molecule has 0 aliphatic heterocycles. The molecule has 0 saturated heterocycles. The number of aliphatic hydroxyl groups is 1. The first kappa shape index (κ1) is 11.6. The molecule has 96 valence electrons. The van der Waals surface area contributed by atoms with Gasteiger partial charge in [-0.05, 0) is 25.2 Å². The number of rotatable bonds is 2. The van der Waals surface area contributed by atoms with Crippen LogP contribution in [0.2, 0.25) is 0 Å². The van der Waals surface area contributed by atoms with Gasteiger partial charge < -0.3 is 10.8 Å². The zero-order chi connectivity index (χ0) is 12.7. The lowest BCUT2D eigenvalue weighted by molar-refractivity contribution is 0.226. The van der Waals surface area contributed by atoms with Crippen LogP contribution in [0.3, 0.4) is 0 Å². The van der Waals surface area contributed by atoms with Crippen LogP contribution in [-0.2, 0) is 0 Å². The number of anilines is 1. The Hall–Kier alpha value is -1.47. The van der Waals surface area contributed by atoms with Crippen LogP contribution in [0.5, 0.6) is 0 Å². The maximum atomic E-state index is 12.0. The third kappa shape index (κ3) is 1.79. The summed E-state index contributed by atoms with van der Waals surface area (Å²) in [7, 11) is 0. The van der Waals surface area contributed by atoms with Gasteiger partial charge in [0.15, 0.2) is 5.65 Å². The van der Waals surface area contributed by atoms with Gasteiger partial charge >= 0.3 is 4.87 Å². The number of nitrogen functional groups attached to an aromatic ring is 1. The van der Waals surface area contributed by atoms with Gasteiger partial charge in [-0.25, -0.2) is 4.98 Å². The van der Waals surface area contributed by atoms with E-state index in [1.807, 2.05) is 0 Å². The molecular weight excluding hydrogens is 252 g/mol. The number of hydrogen-bond donors (Lipinski definition) is 2. The highest BCUT2D eigenvalue weighted by atomic mass is 32.1. The second kappa shape index (κ2) is 4.33. The number of aromatic nitrogens is 3. The van der Waals surface area contributed by atoms with Crippen LogP contribution < -0.4 is 10.6 Å². The summed E-state index contributed by atoms with van der Waals surface area (Å²) in [5, 5.41) is 9.18. The molecule has 6 nitrogen and oxygen atoms in total. The quantitative estimate of drug-likeness (QED) is 0.837. The summed E-state index contributed by atoms with van der Waals surface area (Å²) >= 11 is 1.15. The summed E-state index contributed by atoms with van der Waals surface area (Å²) in [5.41, 5.74) is 6.21. The smallest absolute Gasteiger partial charge is 0.309 e. The standard InChI is InChI=1S/C11H14N4O2S/c12-10-13-4-8-9(14-10)15(11(17)18-8)7-2-1-6(3-7)5-16/h4,6-7,16H,1-3,5H2,(H2,12,13,14). The van der Waals surface area contributed by atoms with Gasteiger partial charge in [-0.1, -0.05) is 11.3 Å². The molecule has 0 spiro atoms. The van der Waals surface area contributed by atoms with Gasteiger partial charge in [0.2, 0.25) is 5.95 Å². The summed E-state index contributed by atoms with van der Waals surface area (Å²) in [6.45, 7) is 0.185. The van der Waals surface area contributed by atoms with Crippen LogP contribution >= 0.6 is 11.3 Å². The zero-order valence-electron chi connectivity index (χ0n) is 9.74. The molecule has 3 rings (SSSR count). The molecule has 0 aromatic carbocycles. The summed E-state index contributed by atoms with van der Waals surface area (Å²) in [5.74, 6) is 0.474. The monoisotopic (exact) mass is 266 g/mol. The lowest BCUT2D eigenvalue weighted by Gasteiger charge is -2.11. The van der Waals surface area contributed by atoms with E-state index in [0.29, 0.717) is 5.65 Å². The van der Waals surface area contributed by atoms with E-state index in [9.17, 15) is 9.90 Å². The third-order valence-corrected chi connectivity index (χ3v) is 4.39. The van der Waals surface area contributed by atoms with Crippen molar-refractivity contribution in [3.05, 3.63) is 15.9 Å². The highest BCUT2D eigenvalue weighted by Crippen LogP contribution is 2.35. The summed E-state index contributed by atoms with van der Waals surface area (Å²) in [6, 6.07) is 0.123. The van der Waals surface area contributed by atoms with Gasteiger partial charge in [0, 0.05) is 12.6 Å². The minimum absolute atomic E-state index is 0.0199. The van der Waals surface area contributed by atoms with Gasteiger partial charge in [-0.3, -0.25) is 9.36 Å². The Bertz CT molecular complexity index is 635. The summed E-state index contributed by atoms with van der Waals surface area (Å²) in [4.78, 5) is 20.1. The third-order valence-electron chi connectivity index (χ3n) is 3.51. The van der Waals surface area contributed by atoms with E-state index in [1.165, 1.54) is 0 Å². The second-order valence-corrected chi connectivity index (χ2v) is 5.66. The summed E-state index contributed by atoms with van der Waals surface area (Å²) in [6.07, 6.45) is 4.28. The normalized spacial score (nSPS) is 23.8. The second-order valence-electron chi connectivity index (χ2n) is 4.67. The number of thiazole rings is 1. The zero-order valence-corrected chi connectivity index (χ0v) is 10.6. The maximum absolute atomic E-state index is 12.0. The number of aliphatic hydroxyl groups excluding tert-OH is 1. The number of fused-ring (bicyclic) bond motifs is 1. The fraction of sp³-hybridized carbons (Fsp3) is 0.545. The van der Waals surface area contributed by atoms with Crippen molar-refractivity contribution in [2.75, 3.05) is 12.3 Å². The van der Waals surface area contributed by atoms with Crippen molar-refractivity contribution in [2.24, 2.45) is 5.92 Å². The molecule has 2 heterocycles. The molecule has 0 bridgehead atoms. The van der Waals surface area contributed by atoms with Gasteiger partial charge in [0.25, 0.3) is 0 Å². The van der Waals surface area contributed by atoms with Crippen LogP contribution in [-0.4, -0.2) is 26.2 Å². The molecule has 1 aliphatic rings. The molecule has 2 unspecified atom stereocenters. The van der Waals surface area contributed by atoms with Crippen molar-refractivity contribution in [1.29, 1.82) is 0 Å². The van der Waals surface area contributed by atoms with Crippen LogP contribution in [0.25, 0.3) is 10.3 Å². The minimum Gasteiger partial charge on any atom is -0.396 e. The molecule has 1 saturated carbocycles. The average molecular weight is 266 g/mol. The van der Waals surface area contributed by atoms with Crippen LogP contribution in [0.4, 0.5) is 5.95 Å². The molecular formula is C11H14N4O2S. The Morgan fingerprint density at radius 2 is 2.39 bits per heavy atom. The molecule has 7 heteroatoms. The van der Waals surface area contributed by atoms with Crippen molar-refractivity contribution < 1.29 is 5.11 Å². The van der Waals surface area contributed by atoms with E-state index in [-0.39, 0.29) is 29.4 Å². The fourth-order valence-electron chi connectivity index (χ4n) is 2.62. The van der Waals surface area contributed by atoms with Gasteiger partial charge in [-0.2, -0.15) is 4.98 Å². The molecule has 2 aromatic rings. The molecule has 0 radical (unpaired) electrons. The topological polar surface area (TPSA) is 94.0 Å². The van der Waals surface area contributed by atoms with Crippen LogP contribution in [0.1, 0.15) is 25.3 Å². The van der Waals surface area contributed by atoms with Crippen molar-refractivity contribution in [1.82, 2.24) is 14.5 Å². The SMILES string of the molecule is Nc1ncc2sc(=O)n(C3CCC(CO)C3)c2n1. The Balaban J connectivity index is 2.08. The predicted molar refractivity (Wildman–Crippen MR) is 69.6 cm³/mol. The fourth-order valence-corrected chi connectivity index (χ4v) is 3.48. The highest BCUT2D eigenvalue weighted by molar-refractivity contribution is 7.16. The van der Waals surface area contributed by atoms with Gasteiger partial charge in [-0.15, -0.1) is 0 Å². The van der Waals surface area contributed by atoms with E-state index < -0.39 is 0 Å². The largest absolute Gasteiger partial charge is 0.396 e. The Kier molecular flexibility index (Phi) is 2.79. The average Bonchev–Trinajstić information content (AvgIpc) is 2.92. The molecule has 3 N–H and O–H groups in total. The van der Waals surface area contributed by atoms with Crippen molar-refractivity contribution in [3.63, 3.8) is 0 Å². The predicted octanol–water partition coefficient (Wildman–Crippen LogP) is 0.769. The van der Waals surface area contributed by atoms with Crippen molar-refractivity contribution in [2.45, 2.75) is 25.3 Å². The number of nitrogens with two attached hydrogens (primary N) is 1. The van der Waals surface area contributed by atoms with E-state index in [1.54, 1.807) is 10.8 Å². The van der Waals surface area contributed by atoms with Crippen LogP contribution in [0, 0.1) is 5.92 Å². The Morgan fingerprint density at radius 3 is 3.11 bits per heavy atom. The first-order valence-corrected chi connectivity index (χ1v) is 6.75. The Morgan fingerprint density at radius 1 is 1.56 bits per heavy atom. The van der Waals surface area contributed by atoms with E-state index >= 15 is 0 Å². The first-order chi connectivity index (χ1) is 8.69. The number of hydrogen-bond acceptors (Lipinski definition) is 6. The lowest BCUT2D eigenvalue weighted by Crippen LogP contribution is -2.18. The Labute approximate surface area is 107 Å². The van der Waals surface area contributed by atoms with E-state index in [2.05, 4.69) is 9.97 Å². The maximum Gasteiger partial charge on any atom is 0.309 e. The van der Waals surface area contributed by atoms with Crippen molar-refractivity contribution in [3.8, 4) is 0 Å². The number of nitrogens with zero attached hydrogens (tertiary/aromatic N) is 3. The molecule has 0 amide bonds. The first-order valence-electron chi connectivity index (χ1n) is 5.93. The van der Waals surface area contributed by atoms with Gasteiger partial charge in [0.1, 0.15) is 0 Å². The molecule has 18 heavy (non-hydrogen) atoms. The lowest BCUT2D eigenvalue weighted by atomic mass is 10.1. The molecule has 1 fully saturated rings. The van der Waals surface area contributed by atoms with Crippen LogP contribution in [0.15, 0.2) is 11.0 Å². The van der Waals surface area contributed by atoms with Gasteiger partial charge in [0.05, 0.1) is 10.9 Å². The van der Waals surface area contributed by atoms with Crippen molar-refractivity contribution >= 4 is 27.6 Å². The molecule has 2 aromatic heterocycles. The molecule has 1 aliphatic carbocycles. The minimum atomic E-state index is -0.0199. The highest BCUT2D eigenvalue weighted by Gasteiger charge is 2.28. The van der Waals surface area contributed by atoms with E-state index in [4.69, 9.17) is 5.73 Å².